The molecule has 3 N–H and O–H groups in total. The quantitative estimate of drug-likeness (QED) is 0.731. The highest BCUT2D eigenvalue weighted by Gasteiger charge is 2.23. The third-order valence-electron chi connectivity index (χ3n) is 3.03. The van der Waals surface area contributed by atoms with Gasteiger partial charge in [0.25, 0.3) is 0 Å². The van der Waals surface area contributed by atoms with E-state index in [0.717, 1.165) is 17.8 Å². The van der Waals surface area contributed by atoms with Crippen molar-refractivity contribution in [3.8, 4) is 0 Å². The first-order valence-electron chi connectivity index (χ1n) is 5.98. The minimum Gasteiger partial charge on any atom is -0.481 e. The van der Waals surface area contributed by atoms with Crippen molar-refractivity contribution in [1.82, 2.24) is 5.32 Å². The lowest BCUT2D eigenvalue weighted by Crippen LogP contribution is -2.27. The number of carbonyl (C=O) groups is 2. The Bertz CT molecular complexity index is 459. The van der Waals surface area contributed by atoms with Gasteiger partial charge in [-0.05, 0) is 11.6 Å². The summed E-state index contributed by atoms with van der Waals surface area (Å²) in [5.74, 6) is -0.825. The van der Waals surface area contributed by atoms with Crippen LogP contribution in [0, 0.1) is 0 Å². The van der Waals surface area contributed by atoms with Crippen LogP contribution in [-0.2, 0) is 9.59 Å². The van der Waals surface area contributed by atoms with Crippen molar-refractivity contribution in [3.63, 3.8) is 0 Å². The summed E-state index contributed by atoms with van der Waals surface area (Å²) in [5.41, 5.74) is 2.24. The summed E-state index contributed by atoms with van der Waals surface area (Å²) < 4.78 is 0. The topological polar surface area (TPSA) is 78.4 Å². The van der Waals surface area contributed by atoms with Crippen molar-refractivity contribution in [3.05, 3.63) is 29.8 Å². The number of fused-ring (bicyclic) bond motifs is 1. The molecule has 2 rings (SSSR count). The zero-order valence-corrected chi connectivity index (χ0v) is 9.98. The molecule has 1 aliphatic rings. The molecule has 0 aromatic heterocycles. The Balaban J connectivity index is 1.84. The van der Waals surface area contributed by atoms with E-state index in [1.807, 2.05) is 24.3 Å². The van der Waals surface area contributed by atoms with Crippen molar-refractivity contribution in [2.75, 3.05) is 18.4 Å². The molecule has 0 aliphatic carbocycles. The van der Waals surface area contributed by atoms with Gasteiger partial charge in [-0.2, -0.15) is 0 Å². The third-order valence-corrected chi connectivity index (χ3v) is 3.03. The molecule has 1 atom stereocenters. The summed E-state index contributed by atoms with van der Waals surface area (Å²) >= 11 is 0. The van der Waals surface area contributed by atoms with Crippen molar-refractivity contribution in [1.29, 1.82) is 0 Å². The summed E-state index contributed by atoms with van der Waals surface area (Å²) in [7, 11) is 0. The molecular formula is C13H16N2O3. The van der Waals surface area contributed by atoms with E-state index in [9.17, 15) is 9.59 Å². The number of hydrogen-bond donors (Lipinski definition) is 3. The Labute approximate surface area is 105 Å². The van der Waals surface area contributed by atoms with Crippen LogP contribution in [0.4, 0.5) is 5.69 Å². The van der Waals surface area contributed by atoms with Gasteiger partial charge in [0.1, 0.15) is 0 Å². The molecule has 0 spiro atoms. The maximum atomic E-state index is 11.7. The van der Waals surface area contributed by atoms with Crippen LogP contribution in [-0.4, -0.2) is 30.1 Å². The fourth-order valence-electron chi connectivity index (χ4n) is 2.14. The predicted octanol–water partition coefficient (Wildman–Crippen LogP) is 1.18. The van der Waals surface area contributed by atoms with E-state index in [1.165, 1.54) is 0 Å². The number of hydrogen-bond acceptors (Lipinski definition) is 3. The Hall–Kier alpha value is -2.04. The monoisotopic (exact) mass is 248 g/mol. The van der Waals surface area contributed by atoms with Crippen LogP contribution in [0.1, 0.15) is 24.3 Å². The smallest absolute Gasteiger partial charge is 0.305 e. The van der Waals surface area contributed by atoms with Crippen LogP contribution in [0.3, 0.4) is 0 Å². The maximum Gasteiger partial charge on any atom is 0.305 e. The summed E-state index contributed by atoms with van der Waals surface area (Å²) in [6, 6.07) is 7.94. The van der Waals surface area contributed by atoms with Crippen LogP contribution in [0.2, 0.25) is 0 Å². The summed E-state index contributed by atoms with van der Waals surface area (Å²) in [6.45, 7) is 0.946. The van der Waals surface area contributed by atoms with Gasteiger partial charge in [-0.1, -0.05) is 18.2 Å². The number of rotatable bonds is 5. The number of carboxylic acid groups (broad SMARTS) is 1. The lowest BCUT2D eigenvalue weighted by Gasteiger charge is -2.10. The van der Waals surface area contributed by atoms with Gasteiger partial charge in [0.15, 0.2) is 0 Å². The molecule has 5 nitrogen and oxygen atoms in total. The fraction of sp³-hybridized carbons (Fsp3) is 0.385. The molecule has 1 aliphatic heterocycles. The summed E-state index contributed by atoms with van der Waals surface area (Å²) in [4.78, 5) is 22.0. The van der Waals surface area contributed by atoms with Gasteiger partial charge in [-0.25, -0.2) is 0 Å². The number of amides is 1. The zero-order valence-electron chi connectivity index (χ0n) is 9.98. The fourth-order valence-corrected chi connectivity index (χ4v) is 2.14. The predicted molar refractivity (Wildman–Crippen MR) is 67.6 cm³/mol. The molecule has 18 heavy (non-hydrogen) atoms. The lowest BCUT2D eigenvalue weighted by molar-refractivity contribution is -0.136. The number of nitrogens with one attached hydrogen (secondary N) is 2. The number of benzene rings is 1. The average molecular weight is 248 g/mol. The van der Waals surface area contributed by atoms with Gasteiger partial charge in [-0.3, -0.25) is 9.59 Å². The molecule has 96 valence electrons. The molecule has 1 heterocycles. The first kappa shape index (κ1) is 12.4. The molecule has 0 bridgehead atoms. The van der Waals surface area contributed by atoms with Gasteiger partial charge >= 0.3 is 5.97 Å². The number of carbonyl (C=O) groups excluding carboxylic acids is 1. The van der Waals surface area contributed by atoms with Crippen LogP contribution in [0.5, 0.6) is 0 Å². The van der Waals surface area contributed by atoms with Crippen molar-refractivity contribution in [2.24, 2.45) is 0 Å². The van der Waals surface area contributed by atoms with Crippen molar-refractivity contribution < 1.29 is 14.7 Å². The molecule has 1 aromatic rings. The second-order valence-electron chi connectivity index (χ2n) is 4.36. The standard InChI is InChI=1S/C13H16N2O3/c16-12(14-6-5-13(17)18)7-9-8-15-11-4-2-1-3-10(9)11/h1-4,9,15H,5-8H2,(H,14,16)(H,17,18). The van der Waals surface area contributed by atoms with Crippen molar-refractivity contribution >= 4 is 17.6 Å². The van der Waals surface area contributed by atoms with Gasteiger partial charge in [0, 0.05) is 31.1 Å². The zero-order chi connectivity index (χ0) is 13.0. The Kier molecular flexibility index (Phi) is 3.82. The Morgan fingerprint density at radius 2 is 2.17 bits per heavy atom. The van der Waals surface area contributed by atoms with Crippen LogP contribution in [0.15, 0.2) is 24.3 Å². The number of carboxylic acids is 1. The second kappa shape index (κ2) is 5.53. The normalized spacial score (nSPS) is 16.8. The lowest BCUT2D eigenvalue weighted by atomic mass is 9.97. The van der Waals surface area contributed by atoms with E-state index >= 15 is 0 Å². The molecule has 5 heteroatoms. The van der Waals surface area contributed by atoms with Crippen LogP contribution >= 0.6 is 0 Å². The molecular weight excluding hydrogens is 232 g/mol. The van der Waals surface area contributed by atoms with E-state index in [1.54, 1.807) is 0 Å². The van der Waals surface area contributed by atoms with E-state index in [-0.39, 0.29) is 24.8 Å². The van der Waals surface area contributed by atoms with E-state index in [2.05, 4.69) is 10.6 Å². The molecule has 0 saturated carbocycles. The molecule has 1 aromatic carbocycles. The highest BCUT2D eigenvalue weighted by atomic mass is 16.4. The molecule has 1 unspecified atom stereocenters. The first-order valence-corrected chi connectivity index (χ1v) is 5.98. The number of aliphatic carboxylic acids is 1. The largest absolute Gasteiger partial charge is 0.481 e. The third kappa shape index (κ3) is 3.00. The Morgan fingerprint density at radius 3 is 2.94 bits per heavy atom. The minimum absolute atomic E-state index is 0.0365. The summed E-state index contributed by atoms with van der Waals surface area (Å²) in [6.07, 6.45) is 0.356. The molecule has 1 amide bonds. The summed E-state index contributed by atoms with van der Waals surface area (Å²) in [5, 5.41) is 14.4. The molecule has 0 saturated heterocycles. The molecule has 0 radical (unpaired) electrons. The maximum absolute atomic E-state index is 11.7. The Morgan fingerprint density at radius 1 is 1.39 bits per heavy atom. The average Bonchev–Trinajstić information content (AvgIpc) is 2.72. The SMILES string of the molecule is O=C(O)CCNC(=O)CC1CNc2ccccc21. The van der Waals surface area contributed by atoms with Gasteiger partial charge in [0.05, 0.1) is 6.42 Å². The van der Waals surface area contributed by atoms with E-state index in [4.69, 9.17) is 5.11 Å². The van der Waals surface area contributed by atoms with E-state index < -0.39 is 5.97 Å². The van der Waals surface area contributed by atoms with Crippen molar-refractivity contribution in [2.45, 2.75) is 18.8 Å². The highest BCUT2D eigenvalue weighted by Crippen LogP contribution is 2.32. The molecule has 0 fully saturated rings. The van der Waals surface area contributed by atoms with Gasteiger partial charge in [-0.15, -0.1) is 0 Å². The highest BCUT2D eigenvalue weighted by molar-refractivity contribution is 5.78. The van der Waals surface area contributed by atoms with Gasteiger partial charge < -0.3 is 15.7 Å². The minimum atomic E-state index is -0.900. The van der Waals surface area contributed by atoms with Crippen LogP contribution in [0.25, 0.3) is 0 Å². The van der Waals surface area contributed by atoms with Gasteiger partial charge in [0.2, 0.25) is 5.91 Å². The van der Waals surface area contributed by atoms with Crippen LogP contribution < -0.4 is 10.6 Å². The number of anilines is 1. The number of para-hydroxylation sites is 1. The van der Waals surface area contributed by atoms with E-state index in [0.29, 0.717) is 6.42 Å². The first-order chi connectivity index (χ1) is 8.66. The second-order valence-corrected chi connectivity index (χ2v) is 4.36.